The number of carbonyl (C=O) groups is 4. The molecule has 12 nitrogen and oxygen atoms in total. The lowest BCUT2D eigenvalue weighted by molar-refractivity contribution is -0.192. The van der Waals surface area contributed by atoms with Crippen LogP contribution in [0.4, 0.5) is 35.2 Å². The van der Waals surface area contributed by atoms with Crippen LogP contribution in [0.3, 0.4) is 0 Å². The number of halogens is 3. The summed E-state index contributed by atoms with van der Waals surface area (Å²) < 4.78 is 37.1. The number of pyridine rings is 1. The number of aliphatic carboxylic acids is 2. The number of carbonyl (C=O) groups excluding carboxylic acids is 2. The number of aromatic nitrogens is 1. The molecule has 4 bridgehead atoms. The number of nitrogen functional groups attached to an aromatic ring is 1. The number of anilines is 3. The van der Waals surface area contributed by atoms with Gasteiger partial charge in [-0.05, 0) is 71.0 Å². The summed E-state index contributed by atoms with van der Waals surface area (Å²) in [5.74, 6) is -3.83. The maximum Gasteiger partial charge on any atom is 0.490 e. The van der Waals surface area contributed by atoms with Crippen molar-refractivity contribution >= 4 is 51.9 Å². The number of aryl methyl sites for hydroxylation is 1. The number of ether oxygens (including phenoxy) is 1. The van der Waals surface area contributed by atoms with Crippen molar-refractivity contribution in [3.8, 4) is 0 Å². The van der Waals surface area contributed by atoms with Crippen molar-refractivity contribution in [2.24, 2.45) is 0 Å². The topological polar surface area (TPSA) is 193 Å². The normalized spacial score (nSPS) is 16.6. The number of nitrogens with two attached hydrogens (primary N) is 1. The Morgan fingerprint density at radius 3 is 2.47 bits per heavy atom. The summed E-state index contributed by atoms with van der Waals surface area (Å²) in [4.78, 5) is 51.0. The maximum atomic E-state index is 13.9. The average Bonchev–Trinajstić information content (AvgIpc) is 2.99. The van der Waals surface area contributed by atoms with Crippen molar-refractivity contribution in [3.63, 3.8) is 0 Å². The van der Waals surface area contributed by atoms with Crippen LogP contribution in [-0.4, -0.2) is 51.9 Å². The summed E-state index contributed by atoms with van der Waals surface area (Å²) in [7, 11) is 0. The zero-order chi connectivity index (χ0) is 34.3. The monoisotopic (exact) mass is 653 g/mol. The van der Waals surface area contributed by atoms with E-state index in [1.807, 2.05) is 49.4 Å². The summed E-state index contributed by atoms with van der Waals surface area (Å²) >= 11 is 0. The number of hydrogen-bond acceptors (Lipinski definition) is 8. The third kappa shape index (κ3) is 9.09. The zero-order valence-corrected chi connectivity index (χ0v) is 24.8. The molecule has 2 atom stereocenters. The Kier molecular flexibility index (Phi) is 10.5. The molecule has 2 aliphatic rings. The van der Waals surface area contributed by atoms with Gasteiger partial charge in [0.1, 0.15) is 11.9 Å². The molecule has 0 radical (unpaired) electrons. The van der Waals surface area contributed by atoms with E-state index in [0.29, 0.717) is 34.7 Å². The van der Waals surface area contributed by atoms with Crippen molar-refractivity contribution in [1.29, 1.82) is 0 Å². The number of fused-ring (bicyclic) bond motifs is 10. The molecular formula is C32H30F3N5O7. The third-order valence-electron chi connectivity index (χ3n) is 7.15. The van der Waals surface area contributed by atoms with Crippen LogP contribution in [0, 0.1) is 6.92 Å². The lowest BCUT2D eigenvalue weighted by Crippen LogP contribution is -2.37. The maximum absolute atomic E-state index is 13.9. The second kappa shape index (κ2) is 14.5. The zero-order valence-electron chi connectivity index (χ0n) is 24.8. The second-order valence-electron chi connectivity index (χ2n) is 10.5. The first-order valence-corrected chi connectivity index (χ1v) is 14.1. The number of nitrogens with one attached hydrogen (secondary N) is 3. The van der Waals surface area contributed by atoms with Crippen molar-refractivity contribution in [3.05, 3.63) is 95.2 Å². The number of carboxylic acid groups (broad SMARTS) is 2. The van der Waals surface area contributed by atoms with Gasteiger partial charge in [-0.1, -0.05) is 30.3 Å². The summed E-state index contributed by atoms with van der Waals surface area (Å²) in [5, 5.41) is 27.3. The van der Waals surface area contributed by atoms with E-state index in [0.717, 1.165) is 21.9 Å². The molecule has 1 aromatic heterocycles. The first-order valence-electron chi connectivity index (χ1n) is 14.1. The standard InChI is InChI=1S/C30H29N5O5.C2HF3O2/c1-17-13-21-6-5-18(17)10-12-40-30(39)34-22-4-2-3-20(15-22)25(16-26(36)37)35-29(38)27(21)33-23-7-8-24-19(14-23)9-11-32-28(24)31;3-2(4,5)1(6)7/h2-9,11,13-15,25,27,33H,10,12,16H2,1H3,(H2,31,32)(H,34,39)(H,35,38)(H,36,37);(H,6,7). The molecule has 0 aliphatic carbocycles. The van der Waals surface area contributed by atoms with Crippen molar-refractivity contribution in [2.45, 2.75) is 38.0 Å². The number of alkyl halides is 3. The quantitative estimate of drug-likeness (QED) is 0.167. The SMILES string of the molecule is Cc1cc2ccc1CCOC(=O)Nc1cccc(c1)C(CC(=O)O)NC(=O)C2Nc1ccc2c(N)nccc2c1.O=C(O)C(F)(F)F. The van der Waals surface area contributed by atoms with Gasteiger partial charge < -0.3 is 31.3 Å². The Morgan fingerprint density at radius 1 is 1.04 bits per heavy atom. The first-order chi connectivity index (χ1) is 22.2. The predicted octanol–water partition coefficient (Wildman–Crippen LogP) is 5.35. The van der Waals surface area contributed by atoms with Crippen LogP contribution in [0.15, 0.2) is 72.9 Å². The lowest BCUT2D eigenvalue weighted by atomic mass is 9.96. The fourth-order valence-corrected chi connectivity index (χ4v) is 4.86. The summed E-state index contributed by atoms with van der Waals surface area (Å²) in [6, 6.07) is 18.0. The first kappa shape index (κ1) is 34.0. The van der Waals surface area contributed by atoms with E-state index in [2.05, 4.69) is 20.9 Å². The van der Waals surface area contributed by atoms with Crippen LogP contribution in [0.1, 0.15) is 40.8 Å². The van der Waals surface area contributed by atoms with E-state index in [1.165, 1.54) is 0 Å². The molecule has 2 unspecified atom stereocenters. The van der Waals surface area contributed by atoms with Gasteiger partial charge in [-0.2, -0.15) is 13.2 Å². The Morgan fingerprint density at radius 2 is 1.79 bits per heavy atom. The molecule has 3 heterocycles. The Bertz CT molecular complexity index is 1820. The lowest BCUT2D eigenvalue weighted by Gasteiger charge is -2.25. The van der Waals surface area contributed by atoms with Crippen LogP contribution in [-0.2, 0) is 25.5 Å². The molecule has 3 aromatic carbocycles. The van der Waals surface area contributed by atoms with Gasteiger partial charge in [0.2, 0.25) is 5.91 Å². The average molecular weight is 654 g/mol. The summed E-state index contributed by atoms with van der Waals surface area (Å²) in [6.07, 6.45) is -3.93. The number of carboxylic acids is 2. The van der Waals surface area contributed by atoms with Crippen LogP contribution < -0.4 is 21.7 Å². The third-order valence-corrected chi connectivity index (χ3v) is 7.15. The van der Waals surface area contributed by atoms with E-state index in [-0.39, 0.29) is 13.0 Å². The van der Waals surface area contributed by atoms with Crippen molar-refractivity contribution in [1.82, 2.24) is 10.3 Å². The number of amides is 2. The van der Waals surface area contributed by atoms with Gasteiger partial charge in [0, 0.05) is 29.4 Å². The smallest absolute Gasteiger partial charge is 0.481 e. The molecule has 7 N–H and O–H groups in total. The van der Waals surface area contributed by atoms with E-state index >= 15 is 0 Å². The summed E-state index contributed by atoms with van der Waals surface area (Å²) in [5.41, 5.74) is 10.2. The van der Waals surface area contributed by atoms with Crippen molar-refractivity contribution in [2.75, 3.05) is 23.0 Å². The Balaban J connectivity index is 0.000000644. The van der Waals surface area contributed by atoms with Gasteiger partial charge >= 0.3 is 24.2 Å². The number of nitrogens with zero attached hydrogens (tertiary/aromatic N) is 1. The Labute approximate surface area is 265 Å². The molecule has 0 fully saturated rings. The molecule has 0 saturated heterocycles. The van der Waals surface area contributed by atoms with E-state index < -0.39 is 42.2 Å². The van der Waals surface area contributed by atoms with E-state index in [1.54, 1.807) is 30.5 Å². The highest BCUT2D eigenvalue weighted by Crippen LogP contribution is 2.29. The molecule has 4 aromatic rings. The molecule has 6 rings (SSSR count). The highest BCUT2D eigenvalue weighted by atomic mass is 19.4. The van der Waals surface area contributed by atoms with Gasteiger partial charge in [-0.25, -0.2) is 14.6 Å². The van der Waals surface area contributed by atoms with Crippen molar-refractivity contribution < 1.29 is 47.3 Å². The van der Waals surface area contributed by atoms with Gasteiger partial charge in [0.15, 0.2) is 0 Å². The fourth-order valence-electron chi connectivity index (χ4n) is 4.86. The molecular weight excluding hydrogens is 623 g/mol. The number of benzene rings is 3. The van der Waals surface area contributed by atoms with Gasteiger partial charge in [0.25, 0.3) is 0 Å². The summed E-state index contributed by atoms with van der Waals surface area (Å²) in [6.45, 7) is 2.10. The van der Waals surface area contributed by atoms with Gasteiger partial charge in [-0.3, -0.25) is 14.9 Å². The minimum atomic E-state index is -5.08. The minimum absolute atomic E-state index is 0.171. The molecule has 2 amide bonds. The van der Waals surface area contributed by atoms with Crippen LogP contribution in [0.2, 0.25) is 0 Å². The molecule has 15 heteroatoms. The van der Waals surface area contributed by atoms with E-state index in [9.17, 15) is 32.7 Å². The highest BCUT2D eigenvalue weighted by Gasteiger charge is 2.38. The Hall–Kier alpha value is -5.86. The molecule has 2 aliphatic heterocycles. The number of rotatable bonds is 4. The molecule has 246 valence electrons. The van der Waals surface area contributed by atoms with Gasteiger partial charge in [-0.15, -0.1) is 0 Å². The van der Waals surface area contributed by atoms with Gasteiger partial charge in [0.05, 0.1) is 19.1 Å². The minimum Gasteiger partial charge on any atom is -0.481 e. The molecule has 0 spiro atoms. The predicted molar refractivity (Wildman–Crippen MR) is 166 cm³/mol. The van der Waals surface area contributed by atoms with Crippen LogP contribution >= 0.6 is 0 Å². The number of hydrogen-bond donors (Lipinski definition) is 6. The van der Waals surface area contributed by atoms with Crippen LogP contribution in [0.5, 0.6) is 0 Å². The molecule has 0 saturated carbocycles. The molecule has 47 heavy (non-hydrogen) atoms. The van der Waals surface area contributed by atoms with E-state index in [4.69, 9.17) is 20.4 Å². The highest BCUT2D eigenvalue weighted by molar-refractivity contribution is 5.94. The van der Waals surface area contributed by atoms with Crippen LogP contribution in [0.25, 0.3) is 10.8 Å². The second-order valence-corrected chi connectivity index (χ2v) is 10.5. The fraction of sp³-hybridized carbons (Fsp3) is 0.219. The largest absolute Gasteiger partial charge is 0.490 e.